The van der Waals surface area contributed by atoms with Crippen molar-refractivity contribution in [3.05, 3.63) is 12.2 Å². The lowest BCUT2D eigenvalue weighted by Gasteiger charge is -2.14. The number of hydrogen-bond donors (Lipinski definition) is 1. The van der Waals surface area contributed by atoms with Crippen LogP contribution in [0.25, 0.3) is 0 Å². The summed E-state index contributed by atoms with van der Waals surface area (Å²) in [6, 6.07) is 0. The summed E-state index contributed by atoms with van der Waals surface area (Å²) in [5, 5.41) is 11.6. The Morgan fingerprint density at radius 2 is 2.47 bits per heavy atom. The number of aromatic nitrogens is 3. The largest absolute Gasteiger partial charge is 0.383 e. The normalized spacial score (nSPS) is 26.0. The van der Waals surface area contributed by atoms with Gasteiger partial charge in [-0.2, -0.15) is 0 Å². The molecular weight excluding hydrogens is 192 g/mol. The van der Waals surface area contributed by atoms with Gasteiger partial charge in [-0.3, -0.25) is 0 Å². The first-order valence-electron chi connectivity index (χ1n) is 5.40. The molecule has 2 rings (SSSR count). The minimum atomic E-state index is 0.490. The van der Waals surface area contributed by atoms with E-state index in [2.05, 4.69) is 27.0 Å². The standard InChI is InChI=1S/C10H18N4O/c1-8-5-11-6-9(8)10-13-12-7-14(10)3-4-15-2/h7-9,11H,3-6H2,1-2H3. The lowest BCUT2D eigenvalue weighted by Crippen LogP contribution is -2.16. The Morgan fingerprint density at radius 1 is 1.60 bits per heavy atom. The zero-order chi connectivity index (χ0) is 10.7. The summed E-state index contributed by atoms with van der Waals surface area (Å²) in [5.41, 5.74) is 0. The molecule has 1 fully saturated rings. The van der Waals surface area contributed by atoms with Crippen LogP contribution < -0.4 is 5.32 Å². The van der Waals surface area contributed by atoms with Crippen LogP contribution in [0, 0.1) is 5.92 Å². The highest BCUT2D eigenvalue weighted by Gasteiger charge is 2.28. The van der Waals surface area contributed by atoms with Gasteiger partial charge in [0.15, 0.2) is 0 Å². The van der Waals surface area contributed by atoms with Gasteiger partial charge in [0, 0.05) is 26.1 Å². The average molecular weight is 210 g/mol. The molecule has 1 aliphatic rings. The van der Waals surface area contributed by atoms with Crippen molar-refractivity contribution in [3.8, 4) is 0 Å². The monoisotopic (exact) mass is 210 g/mol. The fraction of sp³-hybridized carbons (Fsp3) is 0.800. The molecule has 2 unspecified atom stereocenters. The summed E-state index contributed by atoms with van der Waals surface area (Å²) in [6.45, 7) is 5.87. The van der Waals surface area contributed by atoms with E-state index in [0.717, 1.165) is 25.5 Å². The predicted octanol–water partition coefficient (Wildman–Crippen LogP) is 0.247. The van der Waals surface area contributed by atoms with Crippen LogP contribution in [0.3, 0.4) is 0 Å². The zero-order valence-electron chi connectivity index (χ0n) is 9.31. The summed E-state index contributed by atoms with van der Waals surface area (Å²) in [5.74, 6) is 2.21. The Hall–Kier alpha value is -0.940. The lowest BCUT2D eigenvalue weighted by molar-refractivity contribution is 0.185. The number of hydrogen-bond acceptors (Lipinski definition) is 4. The molecule has 15 heavy (non-hydrogen) atoms. The average Bonchev–Trinajstić information content (AvgIpc) is 2.82. The molecule has 0 spiro atoms. The van der Waals surface area contributed by atoms with Crippen LogP contribution in [0.4, 0.5) is 0 Å². The molecule has 1 aromatic heterocycles. The van der Waals surface area contributed by atoms with Crippen LogP contribution in [0.2, 0.25) is 0 Å². The van der Waals surface area contributed by atoms with Gasteiger partial charge >= 0.3 is 0 Å². The molecule has 2 heterocycles. The Bertz CT molecular complexity index is 312. The molecule has 5 nitrogen and oxygen atoms in total. The Labute approximate surface area is 89.8 Å². The van der Waals surface area contributed by atoms with Crippen LogP contribution >= 0.6 is 0 Å². The molecule has 0 aromatic carbocycles. The number of methoxy groups -OCH3 is 1. The van der Waals surface area contributed by atoms with Gasteiger partial charge < -0.3 is 14.6 Å². The fourth-order valence-corrected chi connectivity index (χ4v) is 2.07. The van der Waals surface area contributed by atoms with E-state index in [9.17, 15) is 0 Å². The number of nitrogens with one attached hydrogen (secondary N) is 1. The molecule has 1 aliphatic heterocycles. The third-order valence-electron chi connectivity index (χ3n) is 3.03. The van der Waals surface area contributed by atoms with Crippen molar-refractivity contribution in [2.75, 3.05) is 26.8 Å². The maximum atomic E-state index is 5.07. The van der Waals surface area contributed by atoms with Gasteiger partial charge in [-0.1, -0.05) is 6.92 Å². The van der Waals surface area contributed by atoms with Crippen LogP contribution in [-0.4, -0.2) is 41.6 Å². The van der Waals surface area contributed by atoms with E-state index in [1.807, 2.05) is 0 Å². The van der Waals surface area contributed by atoms with E-state index in [0.29, 0.717) is 18.4 Å². The van der Waals surface area contributed by atoms with E-state index < -0.39 is 0 Å². The first-order valence-corrected chi connectivity index (χ1v) is 5.40. The summed E-state index contributed by atoms with van der Waals surface area (Å²) in [4.78, 5) is 0. The molecule has 0 aliphatic carbocycles. The number of nitrogens with zero attached hydrogens (tertiary/aromatic N) is 3. The lowest BCUT2D eigenvalue weighted by atomic mass is 9.97. The highest BCUT2D eigenvalue weighted by atomic mass is 16.5. The highest BCUT2D eigenvalue weighted by molar-refractivity contribution is 5.03. The molecule has 0 radical (unpaired) electrons. The maximum absolute atomic E-state index is 5.07. The first kappa shape index (κ1) is 10.6. The second kappa shape index (κ2) is 4.72. The van der Waals surface area contributed by atoms with Crippen LogP contribution in [0.15, 0.2) is 6.33 Å². The fourth-order valence-electron chi connectivity index (χ4n) is 2.07. The van der Waals surface area contributed by atoms with Gasteiger partial charge in [-0.15, -0.1) is 10.2 Å². The third kappa shape index (κ3) is 2.18. The second-order valence-electron chi connectivity index (χ2n) is 4.12. The Kier molecular flexibility index (Phi) is 3.33. The van der Waals surface area contributed by atoms with E-state index in [1.54, 1.807) is 13.4 Å². The predicted molar refractivity (Wildman–Crippen MR) is 56.7 cm³/mol. The molecule has 0 amide bonds. The molecule has 1 aromatic rings. The minimum absolute atomic E-state index is 0.490. The highest BCUT2D eigenvalue weighted by Crippen LogP contribution is 2.25. The van der Waals surface area contributed by atoms with E-state index >= 15 is 0 Å². The zero-order valence-corrected chi connectivity index (χ0v) is 9.31. The molecule has 1 N–H and O–H groups in total. The summed E-state index contributed by atoms with van der Waals surface area (Å²) in [6.07, 6.45) is 1.79. The van der Waals surface area contributed by atoms with Gasteiger partial charge in [0.25, 0.3) is 0 Å². The van der Waals surface area contributed by atoms with Crippen molar-refractivity contribution >= 4 is 0 Å². The SMILES string of the molecule is COCCn1cnnc1C1CNCC1C. The summed E-state index contributed by atoms with van der Waals surface area (Å²) < 4.78 is 7.16. The van der Waals surface area contributed by atoms with Crippen molar-refractivity contribution in [1.82, 2.24) is 20.1 Å². The van der Waals surface area contributed by atoms with E-state index in [1.165, 1.54) is 0 Å². The van der Waals surface area contributed by atoms with Crippen molar-refractivity contribution in [1.29, 1.82) is 0 Å². The molecule has 5 heteroatoms. The van der Waals surface area contributed by atoms with Gasteiger partial charge in [0.05, 0.1) is 6.61 Å². The maximum Gasteiger partial charge on any atom is 0.137 e. The smallest absolute Gasteiger partial charge is 0.137 e. The van der Waals surface area contributed by atoms with E-state index in [4.69, 9.17) is 4.74 Å². The topological polar surface area (TPSA) is 52.0 Å². The van der Waals surface area contributed by atoms with Crippen LogP contribution in [0.1, 0.15) is 18.7 Å². The van der Waals surface area contributed by atoms with Gasteiger partial charge in [-0.05, 0) is 12.5 Å². The van der Waals surface area contributed by atoms with Crippen molar-refractivity contribution < 1.29 is 4.74 Å². The molecule has 2 atom stereocenters. The van der Waals surface area contributed by atoms with E-state index in [-0.39, 0.29) is 0 Å². The van der Waals surface area contributed by atoms with Crippen molar-refractivity contribution in [2.24, 2.45) is 5.92 Å². The van der Waals surface area contributed by atoms with Crippen molar-refractivity contribution in [2.45, 2.75) is 19.4 Å². The van der Waals surface area contributed by atoms with Crippen LogP contribution in [-0.2, 0) is 11.3 Å². The van der Waals surface area contributed by atoms with Crippen LogP contribution in [0.5, 0.6) is 0 Å². The molecule has 1 saturated heterocycles. The molecule has 0 saturated carbocycles. The number of ether oxygens (including phenoxy) is 1. The molecular formula is C10H18N4O. The Morgan fingerprint density at radius 3 is 3.13 bits per heavy atom. The number of rotatable bonds is 4. The quantitative estimate of drug-likeness (QED) is 0.774. The minimum Gasteiger partial charge on any atom is -0.383 e. The van der Waals surface area contributed by atoms with Gasteiger partial charge in [0.1, 0.15) is 12.2 Å². The molecule has 84 valence electrons. The van der Waals surface area contributed by atoms with Gasteiger partial charge in [-0.25, -0.2) is 0 Å². The molecule has 0 bridgehead atoms. The van der Waals surface area contributed by atoms with Gasteiger partial charge in [0.2, 0.25) is 0 Å². The Balaban J connectivity index is 2.09. The summed E-state index contributed by atoms with van der Waals surface area (Å²) in [7, 11) is 1.71. The third-order valence-corrected chi connectivity index (χ3v) is 3.03. The summed E-state index contributed by atoms with van der Waals surface area (Å²) >= 11 is 0. The second-order valence-corrected chi connectivity index (χ2v) is 4.12. The first-order chi connectivity index (χ1) is 7.33. The van der Waals surface area contributed by atoms with Crippen molar-refractivity contribution in [3.63, 3.8) is 0 Å².